The number of halogens is 2. The van der Waals surface area contributed by atoms with Crippen LogP contribution in [0.15, 0.2) is 12.7 Å². The molecule has 0 spiro atoms. The van der Waals surface area contributed by atoms with Crippen LogP contribution in [0, 0.1) is 0 Å². The highest BCUT2D eigenvalue weighted by Crippen LogP contribution is 2.44. The predicted octanol–water partition coefficient (Wildman–Crippen LogP) is 1.07. The molecule has 0 aromatic rings. The first kappa shape index (κ1) is 11.7. The van der Waals surface area contributed by atoms with Crippen molar-refractivity contribution in [3.8, 4) is 0 Å². The summed E-state index contributed by atoms with van der Waals surface area (Å²) in [5.41, 5.74) is 0. The monoisotopic (exact) mass is 221 g/mol. The normalized spacial score (nSPS) is 12.8. The minimum absolute atomic E-state index is 0.463. The Labute approximate surface area is 68.3 Å². The van der Waals surface area contributed by atoms with Crippen molar-refractivity contribution in [2.75, 3.05) is 6.61 Å². The molecular formula is C3H6F2NO4PS. The summed E-state index contributed by atoms with van der Waals surface area (Å²) in [6, 6.07) is 0. The van der Waals surface area contributed by atoms with Gasteiger partial charge in [0, 0.05) is 0 Å². The van der Waals surface area contributed by atoms with Gasteiger partial charge in [0.15, 0.2) is 0 Å². The molecule has 72 valence electrons. The molecule has 0 radical (unpaired) electrons. The van der Waals surface area contributed by atoms with E-state index >= 15 is 0 Å². The highest BCUT2D eigenvalue weighted by Gasteiger charge is 2.27. The van der Waals surface area contributed by atoms with Crippen LogP contribution in [0.4, 0.5) is 8.39 Å². The number of hydrogen-bond donors (Lipinski definition) is 1. The van der Waals surface area contributed by atoms with Gasteiger partial charge in [0.1, 0.15) is 0 Å². The van der Waals surface area contributed by atoms with Crippen molar-refractivity contribution in [2.24, 2.45) is 0 Å². The van der Waals surface area contributed by atoms with Crippen LogP contribution in [-0.4, -0.2) is 15.0 Å². The lowest BCUT2D eigenvalue weighted by atomic mass is 10.7. The molecule has 0 saturated carbocycles. The zero-order valence-electron chi connectivity index (χ0n) is 5.74. The molecule has 0 aromatic carbocycles. The molecule has 5 nitrogen and oxygen atoms in total. The van der Waals surface area contributed by atoms with Crippen LogP contribution >= 0.6 is 7.91 Å². The van der Waals surface area contributed by atoms with Crippen LogP contribution in [0.2, 0.25) is 0 Å². The fourth-order valence-corrected chi connectivity index (χ4v) is 1.82. The summed E-state index contributed by atoms with van der Waals surface area (Å²) in [7, 11) is -10.5. The van der Waals surface area contributed by atoms with Crippen LogP contribution in [0.3, 0.4) is 0 Å². The van der Waals surface area contributed by atoms with E-state index in [2.05, 4.69) is 10.8 Å². The molecule has 0 unspecified atom stereocenters. The second-order valence-electron chi connectivity index (χ2n) is 1.58. The molecule has 0 aliphatic rings. The molecule has 0 amide bonds. The topological polar surface area (TPSA) is 72.5 Å². The maximum Gasteiger partial charge on any atom is 0.495 e. The van der Waals surface area contributed by atoms with Gasteiger partial charge in [0.05, 0.1) is 6.61 Å². The largest absolute Gasteiger partial charge is 0.495 e. The fraction of sp³-hybridized carbons (Fsp3) is 0.333. The average Bonchev–Trinajstić information content (AvgIpc) is 1.78. The van der Waals surface area contributed by atoms with Gasteiger partial charge in [0.2, 0.25) is 0 Å². The summed E-state index contributed by atoms with van der Waals surface area (Å²) in [5, 5.41) is 0. The first-order valence-electron chi connectivity index (χ1n) is 2.55. The van der Waals surface area contributed by atoms with Crippen LogP contribution in [0.5, 0.6) is 0 Å². The molecule has 0 heterocycles. The molecule has 0 aliphatic carbocycles. The molecule has 9 heteroatoms. The van der Waals surface area contributed by atoms with E-state index < -0.39 is 24.8 Å². The molecule has 0 aromatic heterocycles. The summed E-state index contributed by atoms with van der Waals surface area (Å²) in [6.07, 6.45) is 1.04. The van der Waals surface area contributed by atoms with Gasteiger partial charge in [-0.2, -0.15) is 8.42 Å². The molecule has 0 fully saturated rings. The van der Waals surface area contributed by atoms with Gasteiger partial charge < -0.3 is 0 Å². The van der Waals surface area contributed by atoms with Gasteiger partial charge >= 0.3 is 18.2 Å². The van der Waals surface area contributed by atoms with Crippen LogP contribution < -0.4 is 4.49 Å². The first-order valence-corrected chi connectivity index (χ1v) is 5.45. The highest BCUT2D eigenvalue weighted by atomic mass is 32.2. The van der Waals surface area contributed by atoms with Gasteiger partial charge in [-0.1, -0.05) is 10.6 Å². The molecule has 0 saturated heterocycles. The van der Waals surface area contributed by atoms with Crippen molar-refractivity contribution in [2.45, 2.75) is 0 Å². The van der Waals surface area contributed by atoms with E-state index in [1.165, 1.54) is 0 Å². The zero-order valence-corrected chi connectivity index (χ0v) is 7.45. The summed E-state index contributed by atoms with van der Waals surface area (Å²) in [5.74, 6) is 0. The third-order valence-corrected chi connectivity index (χ3v) is 2.75. The lowest BCUT2D eigenvalue weighted by Crippen LogP contribution is -2.20. The second kappa shape index (κ2) is 4.08. The van der Waals surface area contributed by atoms with Gasteiger partial charge in [-0.15, -0.1) is 15.0 Å². The zero-order chi connectivity index (χ0) is 9.83. The van der Waals surface area contributed by atoms with E-state index in [9.17, 15) is 21.4 Å². The molecule has 0 bridgehead atoms. The third kappa shape index (κ3) is 6.41. The molecule has 0 rings (SSSR count). The van der Waals surface area contributed by atoms with Crippen molar-refractivity contribution in [1.29, 1.82) is 0 Å². The molecule has 0 aliphatic heterocycles. The lowest BCUT2D eigenvalue weighted by molar-refractivity contribution is 0.352. The Balaban J connectivity index is 4.25. The maximum atomic E-state index is 11.6. The standard InChI is InChI=1S/C3H6F2NO4PS/c1-2-3-10-12(8,9)6-11(4,5)7/h2H,1,3H2,(H,6,7). The van der Waals surface area contributed by atoms with E-state index in [0.717, 1.165) is 6.08 Å². The summed E-state index contributed by atoms with van der Waals surface area (Å²) < 4.78 is 58.0. The van der Waals surface area contributed by atoms with Gasteiger partial charge in [0.25, 0.3) is 0 Å². The fourth-order valence-electron chi connectivity index (χ4n) is 0.294. The Morgan fingerprint density at radius 1 is 1.58 bits per heavy atom. The minimum Gasteiger partial charge on any atom is -0.254 e. The predicted molar refractivity (Wildman–Crippen MR) is 38.0 cm³/mol. The molecule has 0 atom stereocenters. The number of rotatable bonds is 5. The van der Waals surface area contributed by atoms with Crippen LogP contribution in [0.25, 0.3) is 0 Å². The Bertz CT molecular complexity index is 295. The quantitative estimate of drug-likeness (QED) is 0.556. The van der Waals surface area contributed by atoms with E-state index in [1.54, 1.807) is 0 Å². The highest BCUT2D eigenvalue weighted by molar-refractivity contribution is 7.90. The lowest BCUT2D eigenvalue weighted by Gasteiger charge is -2.02. The number of hydrogen-bond acceptors (Lipinski definition) is 4. The van der Waals surface area contributed by atoms with E-state index in [-0.39, 0.29) is 0 Å². The number of nitrogens with one attached hydrogen (secondary N) is 1. The Morgan fingerprint density at radius 3 is 2.42 bits per heavy atom. The second-order valence-corrected chi connectivity index (χ2v) is 4.38. The van der Waals surface area contributed by atoms with Gasteiger partial charge in [-0.25, -0.2) is 4.57 Å². The SMILES string of the molecule is C=CCOS(=O)(=O)NP(=O)(F)F. The summed E-state index contributed by atoms with van der Waals surface area (Å²) >= 11 is 0. The first-order chi connectivity index (χ1) is 5.27. The summed E-state index contributed by atoms with van der Waals surface area (Å²) in [6.45, 7) is 2.62. The Morgan fingerprint density at radius 2 is 2.08 bits per heavy atom. The smallest absolute Gasteiger partial charge is 0.254 e. The Hall–Kier alpha value is -0.300. The molecular weight excluding hydrogens is 215 g/mol. The van der Waals surface area contributed by atoms with Crippen molar-refractivity contribution in [3.05, 3.63) is 12.7 Å². The van der Waals surface area contributed by atoms with E-state index in [0.29, 0.717) is 4.49 Å². The van der Waals surface area contributed by atoms with Gasteiger partial charge in [-0.05, 0) is 0 Å². The maximum absolute atomic E-state index is 11.6. The third-order valence-electron chi connectivity index (χ3n) is 0.559. The van der Waals surface area contributed by atoms with Crippen molar-refractivity contribution < 1.29 is 25.6 Å². The molecule has 12 heavy (non-hydrogen) atoms. The van der Waals surface area contributed by atoms with Crippen molar-refractivity contribution >= 4 is 18.2 Å². The van der Waals surface area contributed by atoms with Crippen LogP contribution in [0.1, 0.15) is 0 Å². The van der Waals surface area contributed by atoms with E-state index in [1.807, 2.05) is 0 Å². The van der Waals surface area contributed by atoms with Crippen LogP contribution in [-0.2, 0) is 19.1 Å². The van der Waals surface area contributed by atoms with Crippen molar-refractivity contribution in [3.63, 3.8) is 0 Å². The van der Waals surface area contributed by atoms with E-state index in [4.69, 9.17) is 0 Å². The average molecular weight is 221 g/mol. The summed E-state index contributed by atoms with van der Waals surface area (Å²) in [4.78, 5) is 0. The van der Waals surface area contributed by atoms with Gasteiger partial charge in [-0.3, -0.25) is 4.18 Å². The Kier molecular flexibility index (Phi) is 3.98. The molecule has 1 N–H and O–H groups in total. The van der Waals surface area contributed by atoms with Crippen molar-refractivity contribution in [1.82, 2.24) is 4.49 Å². The minimum atomic E-state index is -5.82.